The van der Waals surface area contributed by atoms with Crippen LogP contribution >= 0.6 is 0 Å². The maximum Gasteiger partial charge on any atom is 0.150 e. The summed E-state index contributed by atoms with van der Waals surface area (Å²) >= 11 is 0. The van der Waals surface area contributed by atoms with Crippen LogP contribution in [0.1, 0.15) is 6.92 Å². The fourth-order valence-electron chi connectivity index (χ4n) is 1.06. The molecule has 0 aromatic heterocycles. The van der Waals surface area contributed by atoms with Crippen LogP contribution in [0.5, 0.6) is 0 Å². The van der Waals surface area contributed by atoms with Crippen LogP contribution < -0.4 is 0 Å². The highest BCUT2D eigenvalue weighted by Gasteiger charge is 2.23. The molecule has 8 heavy (non-hydrogen) atoms. The van der Waals surface area contributed by atoms with E-state index in [1.54, 1.807) is 0 Å². The Hall–Kier alpha value is -0.370. The average molecular weight is 113 g/mol. The second-order valence-corrected chi connectivity index (χ2v) is 2.56. The lowest BCUT2D eigenvalue weighted by Gasteiger charge is -2.01. The lowest BCUT2D eigenvalue weighted by Crippen LogP contribution is -2.13. The molecule has 0 aliphatic carbocycles. The standard InChI is InChI=1S/C6H11NO/c1-5-3-7(2)4-6(5)8/h5H,3-4H2,1-2H3/t5-/m0/s1. The number of Topliss-reactive ketones (excluding diaryl/α,β-unsaturated/α-hetero) is 1. The molecule has 0 N–H and O–H groups in total. The first-order chi connectivity index (χ1) is 3.70. The van der Waals surface area contributed by atoms with E-state index in [2.05, 4.69) is 0 Å². The van der Waals surface area contributed by atoms with Gasteiger partial charge in [-0.15, -0.1) is 0 Å². The number of likely N-dealkylation sites (N-methyl/N-ethyl adjacent to an activating group) is 1. The summed E-state index contributed by atoms with van der Waals surface area (Å²) in [5, 5.41) is 0. The fourth-order valence-corrected chi connectivity index (χ4v) is 1.06. The van der Waals surface area contributed by atoms with Crippen LogP contribution in [-0.2, 0) is 4.79 Å². The second kappa shape index (κ2) is 1.86. The van der Waals surface area contributed by atoms with Gasteiger partial charge in [-0.05, 0) is 7.05 Å². The summed E-state index contributed by atoms with van der Waals surface area (Å²) < 4.78 is 0. The molecule has 0 radical (unpaired) electrons. The van der Waals surface area contributed by atoms with Gasteiger partial charge in [0.15, 0.2) is 5.78 Å². The van der Waals surface area contributed by atoms with Crippen molar-refractivity contribution >= 4 is 5.78 Å². The monoisotopic (exact) mass is 113 g/mol. The Bertz CT molecular complexity index is 111. The van der Waals surface area contributed by atoms with Crippen LogP contribution in [0.4, 0.5) is 0 Å². The first-order valence-electron chi connectivity index (χ1n) is 2.91. The molecule has 2 heteroatoms. The summed E-state index contributed by atoms with van der Waals surface area (Å²) in [4.78, 5) is 12.8. The van der Waals surface area contributed by atoms with Gasteiger partial charge in [0.1, 0.15) is 0 Å². The molecule has 2 nitrogen and oxygen atoms in total. The van der Waals surface area contributed by atoms with E-state index in [0.717, 1.165) is 6.54 Å². The molecule has 1 saturated heterocycles. The van der Waals surface area contributed by atoms with Crippen LogP contribution in [0.2, 0.25) is 0 Å². The van der Waals surface area contributed by atoms with Crippen molar-refractivity contribution in [2.24, 2.45) is 5.92 Å². The van der Waals surface area contributed by atoms with Crippen molar-refractivity contribution in [1.82, 2.24) is 4.90 Å². The predicted molar refractivity (Wildman–Crippen MR) is 31.7 cm³/mol. The van der Waals surface area contributed by atoms with Gasteiger partial charge in [0, 0.05) is 12.5 Å². The zero-order valence-electron chi connectivity index (χ0n) is 5.35. The molecule has 0 spiro atoms. The lowest BCUT2D eigenvalue weighted by atomic mass is 10.1. The third kappa shape index (κ3) is 0.892. The van der Waals surface area contributed by atoms with Crippen molar-refractivity contribution in [3.8, 4) is 0 Å². The maximum atomic E-state index is 10.7. The van der Waals surface area contributed by atoms with E-state index in [-0.39, 0.29) is 5.92 Å². The van der Waals surface area contributed by atoms with E-state index in [1.807, 2.05) is 18.9 Å². The molecule has 1 aliphatic rings. The molecule has 1 rings (SSSR count). The van der Waals surface area contributed by atoms with Gasteiger partial charge in [-0.2, -0.15) is 0 Å². The predicted octanol–water partition coefficient (Wildman–Crippen LogP) is 0.137. The second-order valence-electron chi connectivity index (χ2n) is 2.56. The maximum absolute atomic E-state index is 10.7. The number of carbonyl (C=O) groups excluding carboxylic acids is 1. The number of nitrogens with zero attached hydrogens (tertiary/aromatic N) is 1. The molecule has 1 atom stereocenters. The van der Waals surface area contributed by atoms with Crippen molar-refractivity contribution in [3.05, 3.63) is 0 Å². The summed E-state index contributed by atoms with van der Waals surface area (Å²) in [5.74, 6) is 0.660. The summed E-state index contributed by atoms with van der Waals surface area (Å²) in [6.45, 7) is 3.58. The molecular formula is C6H11NO. The van der Waals surface area contributed by atoms with Gasteiger partial charge in [-0.3, -0.25) is 9.69 Å². The lowest BCUT2D eigenvalue weighted by molar-refractivity contribution is -0.119. The van der Waals surface area contributed by atoms with Gasteiger partial charge in [-0.25, -0.2) is 0 Å². The number of carbonyl (C=O) groups is 1. The number of ketones is 1. The Kier molecular flexibility index (Phi) is 1.34. The minimum Gasteiger partial charge on any atom is -0.298 e. The summed E-state index contributed by atoms with van der Waals surface area (Å²) in [5.41, 5.74) is 0. The Morgan fingerprint density at radius 3 is 2.50 bits per heavy atom. The smallest absolute Gasteiger partial charge is 0.150 e. The van der Waals surface area contributed by atoms with E-state index in [0.29, 0.717) is 12.3 Å². The Balaban J connectivity index is 2.51. The summed E-state index contributed by atoms with van der Waals surface area (Å²) in [7, 11) is 1.97. The molecule has 46 valence electrons. The Morgan fingerprint density at radius 1 is 1.75 bits per heavy atom. The quantitative estimate of drug-likeness (QED) is 0.445. The molecular weight excluding hydrogens is 102 g/mol. The van der Waals surface area contributed by atoms with E-state index in [4.69, 9.17) is 0 Å². The van der Waals surface area contributed by atoms with Gasteiger partial charge in [0.25, 0.3) is 0 Å². The van der Waals surface area contributed by atoms with Crippen LogP contribution in [0.3, 0.4) is 0 Å². The average Bonchev–Trinajstić information content (AvgIpc) is 1.85. The normalized spacial score (nSPS) is 31.8. The highest BCUT2D eigenvalue weighted by molar-refractivity contribution is 5.84. The van der Waals surface area contributed by atoms with Gasteiger partial charge in [-0.1, -0.05) is 6.92 Å². The number of likely N-dealkylation sites (tertiary alicyclic amines) is 1. The molecule has 0 bridgehead atoms. The number of rotatable bonds is 0. The topological polar surface area (TPSA) is 20.3 Å². The first-order valence-corrected chi connectivity index (χ1v) is 2.91. The van der Waals surface area contributed by atoms with Crippen molar-refractivity contribution < 1.29 is 4.79 Å². The zero-order chi connectivity index (χ0) is 6.15. The van der Waals surface area contributed by atoms with Crippen LogP contribution in [0.25, 0.3) is 0 Å². The minimum absolute atomic E-state index is 0.278. The fraction of sp³-hybridized carbons (Fsp3) is 0.833. The molecule has 0 aromatic rings. The van der Waals surface area contributed by atoms with E-state index >= 15 is 0 Å². The molecule has 0 unspecified atom stereocenters. The molecule has 0 aromatic carbocycles. The van der Waals surface area contributed by atoms with Gasteiger partial charge in [0.05, 0.1) is 6.54 Å². The largest absolute Gasteiger partial charge is 0.298 e. The number of hydrogen-bond acceptors (Lipinski definition) is 2. The Labute approximate surface area is 49.5 Å². The van der Waals surface area contributed by atoms with Crippen LogP contribution in [-0.4, -0.2) is 30.8 Å². The van der Waals surface area contributed by atoms with Crippen molar-refractivity contribution in [2.45, 2.75) is 6.92 Å². The highest BCUT2D eigenvalue weighted by atomic mass is 16.1. The summed E-state index contributed by atoms with van der Waals surface area (Å²) in [6.07, 6.45) is 0. The molecule has 1 aliphatic heterocycles. The highest BCUT2D eigenvalue weighted by Crippen LogP contribution is 2.07. The Morgan fingerprint density at radius 2 is 2.38 bits per heavy atom. The van der Waals surface area contributed by atoms with Crippen LogP contribution in [0, 0.1) is 5.92 Å². The van der Waals surface area contributed by atoms with Crippen molar-refractivity contribution in [2.75, 3.05) is 20.1 Å². The van der Waals surface area contributed by atoms with Crippen molar-refractivity contribution in [3.63, 3.8) is 0 Å². The van der Waals surface area contributed by atoms with E-state index in [1.165, 1.54) is 0 Å². The third-order valence-corrected chi connectivity index (χ3v) is 1.56. The van der Waals surface area contributed by atoms with Gasteiger partial charge < -0.3 is 0 Å². The number of hydrogen-bond donors (Lipinski definition) is 0. The molecule has 0 saturated carbocycles. The minimum atomic E-state index is 0.278. The zero-order valence-corrected chi connectivity index (χ0v) is 5.35. The van der Waals surface area contributed by atoms with Gasteiger partial charge in [0.2, 0.25) is 0 Å². The molecule has 1 heterocycles. The SMILES string of the molecule is C[C@H]1CN(C)CC1=O. The van der Waals surface area contributed by atoms with Gasteiger partial charge >= 0.3 is 0 Å². The summed E-state index contributed by atoms with van der Waals surface area (Å²) in [6, 6.07) is 0. The molecule has 0 amide bonds. The third-order valence-electron chi connectivity index (χ3n) is 1.56. The van der Waals surface area contributed by atoms with E-state index in [9.17, 15) is 4.79 Å². The van der Waals surface area contributed by atoms with E-state index < -0.39 is 0 Å². The van der Waals surface area contributed by atoms with Crippen molar-refractivity contribution in [1.29, 1.82) is 0 Å². The molecule has 1 fully saturated rings. The van der Waals surface area contributed by atoms with Crippen LogP contribution in [0.15, 0.2) is 0 Å². The first kappa shape index (κ1) is 5.76.